The Hall–Kier alpha value is -1.31. The van der Waals surface area contributed by atoms with Gasteiger partial charge >= 0.3 is 0 Å². The molecule has 0 aromatic heterocycles. The first-order valence-corrected chi connectivity index (χ1v) is 10.1. The van der Waals surface area contributed by atoms with Crippen molar-refractivity contribution in [1.82, 2.24) is 0 Å². The van der Waals surface area contributed by atoms with Crippen molar-refractivity contribution in [3.63, 3.8) is 0 Å². The highest BCUT2D eigenvalue weighted by atomic mass is 16.1. The first-order chi connectivity index (χ1) is 11.9. The van der Waals surface area contributed by atoms with Crippen molar-refractivity contribution >= 4 is 12.0 Å². The summed E-state index contributed by atoms with van der Waals surface area (Å²) >= 11 is 0. The van der Waals surface area contributed by atoms with Crippen LogP contribution in [-0.4, -0.2) is 12.8 Å². The second-order valence-electron chi connectivity index (χ2n) is 6.85. The number of anilines is 1. The van der Waals surface area contributed by atoms with Crippen molar-refractivity contribution in [2.45, 2.75) is 90.4 Å². The van der Waals surface area contributed by atoms with Crippen molar-refractivity contribution in [3.05, 3.63) is 29.8 Å². The van der Waals surface area contributed by atoms with Crippen LogP contribution in [0.5, 0.6) is 0 Å². The van der Waals surface area contributed by atoms with Gasteiger partial charge in [-0.15, -0.1) is 0 Å². The maximum atomic E-state index is 10.5. The number of hydrogen-bond donors (Lipinski definition) is 1. The molecule has 135 valence electrons. The molecule has 0 spiro atoms. The number of unbranched alkanes of at least 4 members (excludes halogenated alkanes) is 12. The fourth-order valence-electron chi connectivity index (χ4n) is 3.03. The second-order valence-corrected chi connectivity index (χ2v) is 6.85. The molecule has 0 unspecified atom stereocenters. The fraction of sp³-hybridized carbons (Fsp3) is 0.682. The molecular formula is C22H36NO. The molecular weight excluding hydrogens is 294 g/mol. The van der Waals surface area contributed by atoms with Crippen LogP contribution in [-0.2, 0) is 4.79 Å². The topological polar surface area (TPSA) is 29.1 Å². The molecule has 2 heteroatoms. The summed E-state index contributed by atoms with van der Waals surface area (Å²) in [6, 6.07) is 7.50. The van der Waals surface area contributed by atoms with Crippen LogP contribution in [0.2, 0.25) is 0 Å². The van der Waals surface area contributed by atoms with Gasteiger partial charge in [0.25, 0.3) is 0 Å². The van der Waals surface area contributed by atoms with E-state index in [1.54, 1.807) is 12.1 Å². The van der Waals surface area contributed by atoms with E-state index in [1.165, 1.54) is 83.5 Å². The molecule has 2 nitrogen and oxygen atoms in total. The Labute approximate surface area is 149 Å². The summed E-state index contributed by atoms with van der Waals surface area (Å²) in [6.45, 7) is 3.29. The second kappa shape index (κ2) is 15.2. The predicted octanol–water partition coefficient (Wildman–Crippen LogP) is 6.65. The van der Waals surface area contributed by atoms with E-state index in [4.69, 9.17) is 0 Å². The predicted molar refractivity (Wildman–Crippen MR) is 105 cm³/mol. The molecule has 0 aliphatic carbocycles. The van der Waals surface area contributed by atoms with E-state index in [9.17, 15) is 4.79 Å². The van der Waals surface area contributed by atoms with Crippen molar-refractivity contribution in [2.24, 2.45) is 0 Å². The van der Waals surface area contributed by atoms with E-state index in [-0.39, 0.29) is 0 Å². The lowest BCUT2D eigenvalue weighted by molar-refractivity contribution is 0.541. The van der Waals surface area contributed by atoms with Crippen molar-refractivity contribution in [3.8, 4) is 0 Å². The number of nitrogens with one attached hydrogen (secondary N) is 1. The zero-order valence-electron chi connectivity index (χ0n) is 15.6. The van der Waals surface area contributed by atoms with Gasteiger partial charge in [0.05, 0.1) is 0 Å². The highest BCUT2D eigenvalue weighted by Gasteiger charge is 1.95. The average molecular weight is 331 g/mol. The molecule has 0 aliphatic rings. The van der Waals surface area contributed by atoms with Crippen LogP contribution in [0, 0.1) is 0 Å². The fourth-order valence-corrected chi connectivity index (χ4v) is 3.03. The van der Waals surface area contributed by atoms with E-state index in [0.29, 0.717) is 5.56 Å². The van der Waals surface area contributed by atoms with Gasteiger partial charge in [-0.3, -0.25) is 4.79 Å². The van der Waals surface area contributed by atoms with Gasteiger partial charge in [-0.2, -0.15) is 0 Å². The maximum Gasteiger partial charge on any atom is 0.233 e. The number of benzene rings is 1. The standard InChI is InChI=1S/C22H36NO/c1-2-3-4-5-6-7-8-9-10-11-12-13-14-19-23-22-17-15-21(20-24)16-18-22/h15-18,23H,2-14,19H2,1H3. The van der Waals surface area contributed by atoms with E-state index >= 15 is 0 Å². The lowest BCUT2D eigenvalue weighted by Gasteiger charge is -2.06. The van der Waals surface area contributed by atoms with Gasteiger partial charge in [0.2, 0.25) is 6.29 Å². The summed E-state index contributed by atoms with van der Waals surface area (Å²) in [5.74, 6) is 0. The Bertz CT molecular complexity index is 399. The van der Waals surface area contributed by atoms with Crippen LogP contribution in [0.1, 0.15) is 96.0 Å². The molecule has 0 fully saturated rings. The van der Waals surface area contributed by atoms with E-state index in [2.05, 4.69) is 12.2 Å². The highest BCUT2D eigenvalue weighted by molar-refractivity contribution is 5.76. The summed E-state index contributed by atoms with van der Waals surface area (Å²) in [4.78, 5) is 10.5. The number of rotatable bonds is 16. The first kappa shape index (κ1) is 20.7. The Morgan fingerprint density at radius 2 is 1.17 bits per heavy atom. The summed E-state index contributed by atoms with van der Waals surface area (Å²) in [6.07, 6.45) is 20.0. The zero-order chi connectivity index (χ0) is 17.3. The van der Waals surface area contributed by atoms with Gasteiger partial charge in [0.15, 0.2) is 0 Å². The normalized spacial score (nSPS) is 10.7. The molecule has 1 aromatic carbocycles. The first-order valence-electron chi connectivity index (χ1n) is 10.1. The lowest BCUT2D eigenvalue weighted by atomic mass is 10.0. The van der Waals surface area contributed by atoms with Crippen LogP contribution in [0.15, 0.2) is 24.3 Å². The molecule has 0 atom stereocenters. The molecule has 1 radical (unpaired) electrons. The molecule has 0 saturated heterocycles. The minimum atomic E-state index is 0.613. The number of hydrogen-bond acceptors (Lipinski definition) is 2. The smallest absolute Gasteiger partial charge is 0.233 e. The summed E-state index contributed by atoms with van der Waals surface area (Å²) in [5.41, 5.74) is 1.70. The molecule has 1 N–H and O–H groups in total. The van der Waals surface area contributed by atoms with Crippen LogP contribution >= 0.6 is 0 Å². The van der Waals surface area contributed by atoms with E-state index < -0.39 is 0 Å². The van der Waals surface area contributed by atoms with Crippen LogP contribution in [0.25, 0.3) is 0 Å². The van der Waals surface area contributed by atoms with Gasteiger partial charge in [-0.1, -0.05) is 84.0 Å². The van der Waals surface area contributed by atoms with E-state index in [1.807, 2.05) is 18.4 Å². The van der Waals surface area contributed by atoms with Gasteiger partial charge in [0, 0.05) is 17.8 Å². The van der Waals surface area contributed by atoms with Crippen LogP contribution in [0.3, 0.4) is 0 Å². The van der Waals surface area contributed by atoms with Gasteiger partial charge < -0.3 is 5.32 Å². The Kier molecular flexibility index (Phi) is 13.2. The maximum absolute atomic E-state index is 10.5. The molecule has 0 bridgehead atoms. The van der Waals surface area contributed by atoms with Crippen LogP contribution < -0.4 is 5.32 Å². The molecule has 0 amide bonds. The highest BCUT2D eigenvalue weighted by Crippen LogP contribution is 2.13. The average Bonchev–Trinajstić information content (AvgIpc) is 2.62. The Balaban J connectivity index is 1.81. The molecule has 0 heterocycles. The summed E-state index contributed by atoms with van der Waals surface area (Å²) < 4.78 is 0. The third-order valence-electron chi connectivity index (χ3n) is 4.61. The molecule has 1 rings (SSSR count). The molecule has 0 aliphatic heterocycles. The Morgan fingerprint density at radius 1 is 0.708 bits per heavy atom. The van der Waals surface area contributed by atoms with Crippen molar-refractivity contribution in [2.75, 3.05) is 11.9 Å². The van der Waals surface area contributed by atoms with Crippen molar-refractivity contribution in [1.29, 1.82) is 0 Å². The third kappa shape index (κ3) is 11.3. The zero-order valence-corrected chi connectivity index (χ0v) is 15.6. The third-order valence-corrected chi connectivity index (χ3v) is 4.61. The van der Waals surface area contributed by atoms with Crippen molar-refractivity contribution < 1.29 is 4.79 Å². The minimum Gasteiger partial charge on any atom is -0.385 e. The monoisotopic (exact) mass is 330 g/mol. The summed E-state index contributed by atoms with van der Waals surface area (Å²) in [5, 5.41) is 3.41. The van der Waals surface area contributed by atoms with Gasteiger partial charge in [-0.05, 0) is 30.7 Å². The summed E-state index contributed by atoms with van der Waals surface area (Å²) in [7, 11) is 0. The molecule has 1 aromatic rings. The largest absolute Gasteiger partial charge is 0.385 e. The Morgan fingerprint density at radius 3 is 1.62 bits per heavy atom. The van der Waals surface area contributed by atoms with Gasteiger partial charge in [0.1, 0.15) is 0 Å². The van der Waals surface area contributed by atoms with Crippen LogP contribution in [0.4, 0.5) is 5.69 Å². The SMILES string of the molecule is CCCCCCCCCCCCCCCNc1ccc([C]=O)cc1. The van der Waals surface area contributed by atoms with E-state index in [0.717, 1.165) is 12.2 Å². The lowest BCUT2D eigenvalue weighted by Crippen LogP contribution is -2.01. The molecule has 24 heavy (non-hydrogen) atoms. The minimum absolute atomic E-state index is 0.613. The quantitative estimate of drug-likeness (QED) is 0.344. The number of carbonyl (C=O) groups excluding carboxylic acids is 1. The van der Waals surface area contributed by atoms with Gasteiger partial charge in [-0.25, -0.2) is 0 Å². The molecule has 0 saturated carbocycles.